The maximum absolute atomic E-state index is 13.2. The maximum atomic E-state index is 13.2. The van der Waals surface area contributed by atoms with E-state index in [-0.39, 0.29) is 22.1 Å². The number of carbonyl (C=O) groups excluding carboxylic acids is 1. The summed E-state index contributed by atoms with van der Waals surface area (Å²) in [5.41, 5.74) is 1.22. The van der Waals surface area contributed by atoms with E-state index in [4.69, 9.17) is 4.74 Å². The molecule has 3 aromatic rings. The molecule has 0 unspecified atom stereocenters. The lowest BCUT2D eigenvalue weighted by Gasteiger charge is -2.26. The molecule has 1 amide bonds. The lowest BCUT2D eigenvalue weighted by molar-refractivity contribution is 0.0956. The van der Waals surface area contributed by atoms with E-state index in [1.54, 1.807) is 6.07 Å². The Morgan fingerprint density at radius 1 is 1.15 bits per heavy atom. The number of thioether (sulfide) groups is 1. The van der Waals surface area contributed by atoms with Crippen LogP contribution in [0.2, 0.25) is 0 Å². The molecule has 0 radical (unpaired) electrons. The second-order valence-electron chi connectivity index (χ2n) is 7.77. The third kappa shape index (κ3) is 5.60. The van der Waals surface area contributed by atoms with E-state index in [2.05, 4.69) is 20.5 Å². The summed E-state index contributed by atoms with van der Waals surface area (Å²) in [5.74, 6) is 1.13. The minimum absolute atomic E-state index is 0.0214. The molecule has 0 saturated carbocycles. The van der Waals surface area contributed by atoms with E-state index in [9.17, 15) is 13.2 Å². The molecule has 2 N–H and O–H groups in total. The zero-order chi connectivity index (χ0) is 24.0. The Hall–Kier alpha value is -2.89. The van der Waals surface area contributed by atoms with Gasteiger partial charge in [-0.25, -0.2) is 13.4 Å². The summed E-state index contributed by atoms with van der Waals surface area (Å²) in [6.07, 6.45) is 2.68. The number of sulfonamides is 1. The topological polar surface area (TPSA) is 117 Å². The first-order chi connectivity index (χ1) is 16.5. The molecule has 0 aliphatic carbocycles. The van der Waals surface area contributed by atoms with Crippen LogP contribution in [-0.2, 0) is 10.0 Å². The monoisotopic (exact) mass is 501 g/mol. The number of rotatable bonds is 9. The van der Waals surface area contributed by atoms with Crippen LogP contribution in [0.1, 0.15) is 29.6 Å². The molecule has 1 aromatic heterocycles. The van der Waals surface area contributed by atoms with Gasteiger partial charge in [0.15, 0.2) is 5.82 Å². The summed E-state index contributed by atoms with van der Waals surface area (Å²) >= 11 is 1.41. The highest BCUT2D eigenvalue weighted by Crippen LogP contribution is 2.29. The van der Waals surface area contributed by atoms with E-state index in [0.717, 1.165) is 24.8 Å². The van der Waals surface area contributed by atoms with Crippen LogP contribution in [0.4, 0.5) is 0 Å². The Bertz CT molecular complexity index is 1230. The number of aromatic nitrogens is 3. The zero-order valence-corrected chi connectivity index (χ0v) is 20.5. The predicted octanol–water partition coefficient (Wildman–Crippen LogP) is 3.18. The molecule has 1 fully saturated rings. The number of benzene rings is 2. The number of piperidine rings is 1. The van der Waals surface area contributed by atoms with Crippen molar-refractivity contribution in [1.29, 1.82) is 0 Å². The summed E-state index contributed by atoms with van der Waals surface area (Å²) in [4.78, 5) is 17.2. The summed E-state index contributed by atoms with van der Waals surface area (Å²) in [7, 11) is -2.31. The lowest BCUT2D eigenvalue weighted by Crippen LogP contribution is -2.36. The number of hydrogen-bond acceptors (Lipinski definition) is 7. The molecule has 180 valence electrons. The number of carbonyl (C=O) groups is 1. The SMILES string of the molecule is COc1ccc(C(=O)NCCSc2n[nH]c(-c3ccccc3)n2)cc1S(=O)(=O)N1CCCCC1. The van der Waals surface area contributed by atoms with Gasteiger partial charge in [-0.1, -0.05) is 48.5 Å². The first-order valence-corrected chi connectivity index (χ1v) is 13.5. The van der Waals surface area contributed by atoms with E-state index >= 15 is 0 Å². The van der Waals surface area contributed by atoms with E-state index < -0.39 is 10.0 Å². The van der Waals surface area contributed by atoms with Gasteiger partial charge in [-0.3, -0.25) is 9.89 Å². The van der Waals surface area contributed by atoms with Crippen LogP contribution in [0, 0.1) is 0 Å². The van der Waals surface area contributed by atoms with Gasteiger partial charge in [0, 0.05) is 36.5 Å². The number of H-pyrrole nitrogens is 1. The number of nitrogens with one attached hydrogen (secondary N) is 2. The fraction of sp³-hybridized carbons (Fsp3) is 0.348. The number of amides is 1. The minimum atomic E-state index is -3.74. The van der Waals surface area contributed by atoms with Crippen molar-refractivity contribution < 1.29 is 17.9 Å². The maximum Gasteiger partial charge on any atom is 0.251 e. The highest BCUT2D eigenvalue weighted by Gasteiger charge is 2.29. The number of nitrogens with zero attached hydrogens (tertiary/aromatic N) is 3. The van der Waals surface area contributed by atoms with Crippen LogP contribution in [0.3, 0.4) is 0 Å². The van der Waals surface area contributed by atoms with Crippen molar-refractivity contribution in [2.45, 2.75) is 29.3 Å². The Morgan fingerprint density at radius 3 is 2.65 bits per heavy atom. The number of methoxy groups -OCH3 is 1. The smallest absolute Gasteiger partial charge is 0.251 e. The van der Waals surface area contributed by atoms with Crippen molar-refractivity contribution in [2.24, 2.45) is 0 Å². The van der Waals surface area contributed by atoms with Crippen molar-refractivity contribution in [3.63, 3.8) is 0 Å². The lowest BCUT2D eigenvalue weighted by atomic mass is 10.2. The highest BCUT2D eigenvalue weighted by molar-refractivity contribution is 7.99. The third-order valence-electron chi connectivity index (χ3n) is 5.49. The van der Waals surface area contributed by atoms with Crippen LogP contribution in [-0.4, -0.2) is 66.3 Å². The third-order valence-corrected chi connectivity index (χ3v) is 8.26. The second kappa shape index (κ2) is 11.0. The Morgan fingerprint density at radius 2 is 1.91 bits per heavy atom. The van der Waals surface area contributed by atoms with Gasteiger partial charge in [-0.15, -0.1) is 5.10 Å². The molecular weight excluding hydrogens is 474 g/mol. The molecule has 2 heterocycles. The van der Waals surface area contributed by atoms with Crippen molar-refractivity contribution >= 4 is 27.7 Å². The number of aromatic amines is 1. The molecule has 0 spiro atoms. The number of hydrogen-bond donors (Lipinski definition) is 2. The van der Waals surface area contributed by atoms with Crippen molar-refractivity contribution in [1.82, 2.24) is 24.8 Å². The summed E-state index contributed by atoms with van der Waals surface area (Å²) in [6, 6.07) is 14.2. The normalized spacial score (nSPS) is 14.6. The van der Waals surface area contributed by atoms with Crippen LogP contribution in [0.15, 0.2) is 58.6 Å². The summed E-state index contributed by atoms with van der Waals surface area (Å²) in [6.45, 7) is 1.33. The van der Waals surface area contributed by atoms with E-state index in [1.165, 1.54) is 35.3 Å². The van der Waals surface area contributed by atoms with Gasteiger partial charge >= 0.3 is 0 Å². The van der Waals surface area contributed by atoms with Crippen LogP contribution in [0.5, 0.6) is 5.75 Å². The molecule has 1 aliphatic heterocycles. The average Bonchev–Trinajstić information content (AvgIpc) is 3.36. The van der Waals surface area contributed by atoms with Gasteiger partial charge in [0.1, 0.15) is 10.6 Å². The van der Waals surface area contributed by atoms with Gasteiger partial charge in [0.2, 0.25) is 15.2 Å². The largest absolute Gasteiger partial charge is 0.495 e. The predicted molar refractivity (Wildman–Crippen MR) is 130 cm³/mol. The van der Waals surface area contributed by atoms with Gasteiger partial charge in [0.25, 0.3) is 5.91 Å². The standard InChI is InChI=1S/C23H27N5O4S2/c1-32-19-11-10-18(16-20(19)34(30,31)28-13-6-3-7-14-28)22(29)24-12-15-33-23-25-21(26-27-23)17-8-4-2-5-9-17/h2,4-5,8-11,16H,3,6-7,12-15H2,1H3,(H,24,29)(H,25,26,27). The zero-order valence-electron chi connectivity index (χ0n) is 18.9. The van der Waals surface area contributed by atoms with Gasteiger partial charge in [-0.2, -0.15) is 4.31 Å². The molecule has 1 saturated heterocycles. The molecule has 11 heteroatoms. The Labute approximate surface area is 203 Å². The minimum Gasteiger partial charge on any atom is -0.495 e. The van der Waals surface area contributed by atoms with Crippen molar-refractivity contribution in [3.05, 3.63) is 54.1 Å². The molecule has 2 aromatic carbocycles. The van der Waals surface area contributed by atoms with Gasteiger partial charge in [-0.05, 0) is 31.0 Å². The van der Waals surface area contributed by atoms with Crippen LogP contribution >= 0.6 is 11.8 Å². The molecule has 0 atom stereocenters. The van der Waals surface area contributed by atoms with Gasteiger partial charge in [0.05, 0.1) is 7.11 Å². The Balaban J connectivity index is 1.36. The van der Waals surface area contributed by atoms with Crippen molar-refractivity contribution in [3.8, 4) is 17.1 Å². The van der Waals surface area contributed by atoms with E-state index in [0.29, 0.717) is 36.4 Å². The van der Waals surface area contributed by atoms with Crippen molar-refractivity contribution in [2.75, 3.05) is 32.5 Å². The highest BCUT2D eigenvalue weighted by atomic mass is 32.2. The fourth-order valence-electron chi connectivity index (χ4n) is 3.71. The molecule has 34 heavy (non-hydrogen) atoms. The quantitative estimate of drug-likeness (QED) is 0.342. The fourth-order valence-corrected chi connectivity index (χ4v) is 6.06. The Kier molecular flexibility index (Phi) is 7.86. The molecule has 4 rings (SSSR count). The molecular formula is C23H27N5O4S2. The number of ether oxygens (including phenoxy) is 1. The van der Waals surface area contributed by atoms with Crippen LogP contribution in [0.25, 0.3) is 11.4 Å². The molecule has 9 nitrogen and oxygen atoms in total. The molecule has 1 aliphatic rings. The van der Waals surface area contributed by atoms with Gasteiger partial charge < -0.3 is 10.1 Å². The first-order valence-electron chi connectivity index (χ1n) is 11.1. The summed E-state index contributed by atoms with van der Waals surface area (Å²) < 4.78 is 33.1. The van der Waals surface area contributed by atoms with E-state index in [1.807, 2.05) is 30.3 Å². The summed E-state index contributed by atoms with van der Waals surface area (Å²) in [5, 5.41) is 10.5. The van der Waals surface area contributed by atoms with Crippen LogP contribution < -0.4 is 10.1 Å². The average molecular weight is 502 g/mol. The first kappa shape index (κ1) is 24.2. The molecule has 0 bridgehead atoms. The second-order valence-corrected chi connectivity index (χ2v) is 10.7.